The van der Waals surface area contributed by atoms with E-state index in [9.17, 15) is 35.9 Å². The minimum Gasteiger partial charge on any atom is -0.468 e. The van der Waals surface area contributed by atoms with E-state index in [2.05, 4.69) is 15.0 Å². The highest BCUT2D eigenvalue weighted by Gasteiger charge is 2.57. The van der Waals surface area contributed by atoms with E-state index < -0.39 is 72.5 Å². The normalized spacial score (nSPS) is 19.4. The monoisotopic (exact) mass is 569 g/mol. The minimum absolute atomic E-state index is 0.0430. The molecular formula is C26H18ClF6N3O3. The van der Waals surface area contributed by atoms with Crippen LogP contribution in [0.5, 0.6) is 0 Å². The number of aromatic nitrogens is 2. The molecule has 0 fully saturated rings. The van der Waals surface area contributed by atoms with Gasteiger partial charge >= 0.3 is 6.18 Å². The fraction of sp³-hybridized carbons (Fsp3) is 0.269. The SMILES string of the molecule is O=C(CC1=N[C@](c2nc(CC(=O)c3ccc(Cl)cn3)ccc2F)(C(F)F)C[C@@H](C(F)(F)F)O1)c1ccccc1. The van der Waals surface area contributed by atoms with Crippen molar-refractivity contribution >= 4 is 29.1 Å². The van der Waals surface area contributed by atoms with E-state index in [0.29, 0.717) is 6.07 Å². The zero-order valence-electron chi connectivity index (χ0n) is 19.8. The van der Waals surface area contributed by atoms with Crippen molar-refractivity contribution in [3.05, 3.63) is 94.3 Å². The van der Waals surface area contributed by atoms with Gasteiger partial charge in [-0.15, -0.1) is 0 Å². The number of carbonyl (C=O) groups is 2. The molecule has 1 aliphatic heterocycles. The van der Waals surface area contributed by atoms with Crippen LogP contribution in [0.15, 0.2) is 65.8 Å². The molecule has 204 valence electrons. The number of hydrogen-bond acceptors (Lipinski definition) is 6. The summed E-state index contributed by atoms with van der Waals surface area (Å²) < 4.78 is 90.4. The molecule has 0 N–H and O–H groups in total. The number of pyridine rings is 2. The van der Waals surface area contributed by atoms with Crippen LogP contribution in [0.25, 0.3) is 0 Å². The van der Waals surface area contributed by atoms with Crippen molar-refractivity contribution in [2.24, 2.45) is 4.99 Å². The van der Waals surface area contributed by atoms with Gasteiger partial charge in [-0.2, -0.15) is 13.2 Å². The molecule has 1 aliphatic rings. The van der Waals surface area contributed by atoms with Crippen LogP contribution in [0.2, 0.25) is 5.02 Å². The first-order valence-corrected chi connectivity index (χ1v) is 11.8. The molecule has 0 saturated carbocycles. The second-order valence-corrected chi connectivity index (χ2v) is 9.08. The zero-order chi connectivity index (χ0) is 28.4. The van der Waals surface area contributed by atoms with E-state index in [1.54, 1.807) is 6.07 Å². The van der Waals surface area contributed by atoms with Gasteiger partial charge in [-0.1, -0.05) is 41.9 Å². The van der Waals surface area contributed by atoms with Crippen molar-refractivity contribution in [2.45, 2.75) is 43.5 Å². The van der Waals surface area contributed by atoms with Gasteiger partial charge in [-0.25, -0.2) is 18.2 Å². The molecule has 0 radical (unpaired) electrons. The molecule has 39 heavy (non-hydrogen) atoms. The number of ketones is 2. The summed E-state index contributed by atoms with van der Waals surface area (Å²) in [5.74, 6) is -3.67. The van der Waals surface area contributed by atoms with Crippen molar-refractivity contribution in [1.82, 2.24) is 9.97 Å². The Morgan fingerprint density at radius 2 is 1.74 bits per heavy atom. The number of alkyl halides is 5. The van der Waals surface area contributed by atoms with Crippen LogP contribution in [0.3, 0.4) is 0 Å². The Balaban J connectivity index is 1.75. The summed E-state index contributed by atoms with van der Waals surface area (Å²) in [4.78, 5) is 36.5. The fourth-order valence-corrected chi connectivity index (χ4v) is 4.09. The maximum atomic E-state index is 15.0. The number of Topliss-reactive ketones (excluding diaryl/α,β-unsaturated/α-hetero) is 2. The summed E-state index contributed by atoms with van der Waals surface area (Å²) >= 11 is 5.74. The molecule has 1 aromatic carbocycles. The van der Waals surface area contributed by atoms with Gasteiger partial charge in [0.25, 0.3) is 6.43 Å². The molecule has 13 heteroatoms. The molecule has 0 aliphatic carbocycles. The highest BCUT2D eigenvalue weighted by molar-refractivity contribution is 6.30. The van der Waals surface area contributed by atoms with Gasteiger partial charge in [0, 0.05) is 23.9 Å². The number of benzene rings is 1. The van der Waals surface area contributed by atoms with Gasteiger partial charge in [-0.3, -0.25) is 19.6 Å². The largest absolute Gasteiger partial charge is 0.468 e. The number of hydrogen-bond donors (Lipinski definition) is 0. The standard InChI is InChI=1S/C26H18ClF6N3O3/c27-15-6-9-18(34-13-15)20(38)10-16-7-8-17(28)23(35-16)25(24(29)30)12-21(26(31,32)33)39-22(36-25)11-19(37)14-4-2-1-3-5-14/h1-9,13,21,24H,10-12H2/t21-,25+/m0/s1. The molecule has 0 saturated heterocycles. The number of ether oxygens (including phenoxy) is 1. The maximum absolute atomic E-state index is 15.0. The molecular weight excluding hydrogens is 552 g/mol. The lowest BCUT2D eigenvalue weighted by molar-refractivity contribution is -0.213. The van der Waals surface area contributed by atoms with Crippen LogP contribution in [-0.4, -0.2) is 46.1 Å². The van der Waals surface area contributed by atoms with Crippen molar-refractivity contribution in [2.75, 3.05) is 0 Å². The molecule has 0 spiro atoms. The smallest absolute Gasteiger partial charge is 0.425 e. The van der Waals surface area contributed by atoms with E-state index in [4.69, 9.17) is 16.3 Å². The van der Waals surface area contributed by atoms with Crippen LogP contribution in [0, 0.1) is 5.82 Å². The number of rotatable bonds is 8. The molecule has 3 heterocycles. The lowest BCUT2D eigenvalue weighted by Gasteiger charge is -2.38. The van der Waals surface area contributed by atoms with Crippen LogP contribution in [-0.2, 0) is 16.7 Å². The Labute approximate surface area is 222 Å². The van der Waals surface area contributed by atoms with Gasteiger partial charge in [0.1, 0.15) is 17.2 Å². The van der Waals surface area contributed by atoms with Crippen molar-refractivity contribution in [3.8, 4) is 0 Å². The van der Waals surface area contributed by atoms with E-state index in [1.807, 2.05) is 0 Å². The number of nitrogens with zero attached hydrogens (tertiary/aromatic N) is 3. The first-order chi connectivity index (χ1) is 18.4. The summed E-state index contributed by atoms with van der Waals surface area (Å²) in [5, 5.41) is 0.255. The number of aliphatic imine (C=N–C) groups is 1. The van der Waals surface area contributed by atoms with E-state index in [1.165, 1.54) is 42.6 Å². The summed E-state index contributed by atoms with van der Waals surface area (Å²) in [6, 6.07) is 11.8. The van der Waals surface area contributed by atoms with Crippen LogP contribution < -0.4 is 0 Å². The molecule has 4 rings (SSSR count). The first-order valence-electron chi connectivity index (χ1n) is 11.4. The second kappa shape index (κ2) is 11.1. The molecule has 2 aromatic heterocycles. The Kier molecular flexibility index (Phi) is 8.05. The zero-order valence-corrected chi connectivity index (χ0v) is 20.5. The second-order valence-electron chi connectivity index (χ2n) is 8.64. The Morgan fingerprint density at radius 3 is 2.36 bits per heavy atom. The van der Waals surface area contributed by atoms with Crippen molar-refractivity contribution in [1.29, 1.82) is 0 Å². The average molecular weight is 570 g/mol. The highest BCUT2D eigenvalue weighted by atomic mass is 35.5. The fourth-order valence-electron chi connectivity index (χ4n) is 3.98. The lowest BCUT2D eigenvalue weighted by Crippen LogP contribution is -2.49. The molecule has 6 nitrogen and oxygen atoms in total. The molecule has 0 bridgehead atoms. The van der Waals surface area contributed by atoms with Gasteiger partial charge in [0.2, 0.25) is 0 Å². The van der Waals surface area contributed by atoms with Crippen molar-refractivity contribution < 1.29 is 40.7 Å². The average Bonchev–Trinajstić information content (AvgIpc) is 2.89. The van der Waals surface area contributed by atoms with Crippen LogP contribution >= 0.6 is 11.6 Å². The quantitative estimate of drug-likeness (QED) is 0.239. The van der Waals surface area contributed by atoms with E-state index in [0.717, 1.165) is 6.07 Å². The van der Waals surface area contributed by atoms with Crippen molar-refractivity contribution in [3.63, 3.8) is 0 Å². The third-order valence-electron chi connectivity index (χ3n) is 5.90. The van der Waals surface area contributed by atoms with Gasteiger partial charge < -0.3 is 4.74 Å². The summed E-state index contributed by atoms with van der Waals surface area (Å²) in [6.45, 7) is 0. The molecule has 0 amide bonds. The molecule has 2 atom stereocenters. The number of halogens is 7. The Morgan fingerprint density at radius 1 is 1.03 bits per heavy atom. The topological polar surface area (TPSA) is 81.5 Å². The number of carbonyl (C=O) groups excluding carboxylic acids is 2. The lowest BCUT2D eigenvalue weighted by atomic mass is 9.86. The predicted octanol–water partition coefficient (Wildman–Crippen LogP) is 6.18. The van der Waals surface area contributed by atoms with Crippen LogP contribution in [0.4, 0.5) is 26.3 Å². The first kappa shape index (κ1) is 28.2. The van der Waals surface area contributed by atoms with Gasteiger partial charge in [0.05, 0.1) is 17.9 Å². The predicted molar refractivity (Wildman–Crippen MR) is 128 cm³/mol. The van der Waals surface area contributed by atoms with Crippen LogP contribution in [0.1, 0.15) is 45.1 Å². The molecule has 3 aromatic rings. The van der Waals surface area contributed by atoms with Gasteiger partial charge in [0.15, 0.2) is 29.1 Å². The Bertz CT molecular complexity index is 1400. The maximum Gasteiger partial charge on any atom is 0.425 e. The highest BCUT2D eigenvalue weighted by Crippen LogP contribution is 2.45. The minimum atomic E-state index is -5.15. The van der Waals surface area contributed by atoms with Gasteiger partial charge in [-0.05, 0) is 24.3 Å². The Hall–Kier alpha value is -3.80. The summed E-state index contributed by atoms with van der Waals surface area (Å²) in [6.07, 6.45) is -13.4. The third kappa shape index (κ3) is 6.27. The summed E-state index contributed by atoms with van der Waals surface area (Å²) in [5.41, 5.74) is -4.42. The van der Waals surface area contributed by atoms with E-state index >= 15 is 0 Å². The summed E-state index contributed by atoms with van der Waals surface area (Å²) in [7, 11) is 0. The third-order valence-corrected chi connectivity index (χ3v) is 6.12. The van der Waals surface area contributed by atoms with E-state index in [-0.39, 0.29) is 22.0 Å². The molecule has 0 unspecified atom stereocenters.